The minimum Gasteiger partial charge on any atom is -0.321 e. The van der Waals surface area contributed by atoms with Crippen LogP contribution >= 0.6 is 11.8 Å². The van der Waals surface area contributed by atoms with Crippen LogP contribution in [0.1, 0.15) is 45.4 Å². The summed E-state index contributed by atoms with van der Waals surface area (Å²) >= 11 is 1.18. The highest BCUT2D eigenvalue weighted by Gasteiger charge is 2.60. The lowest BCUT2D eigenvalue weighted by molar-refractivity contribution is -0.124. The van der Waals surface area contributed by atoms with Crippen LogP contribution in [0.5, 0.6) is 0 Å². The second-order valence-corrected chi connectivity index (χ2v) is 8.05. The second kappa shape index (κ2) is 4.88. The maximum absolute atomic E-state index is 12.5. The average Bonchev–Trinajstić information content (AvgIpc) is 2.84. The Balaban J connectivity index is 1.59. The number of fused-ring (bicyclic) bond motifs is 1. The molecule has 3 rings (SSSR count). The quantitative estimate of drug-likeness (QED) is 0.859. The number of rotatable bonds is 4. The van der Waals surface area contributed by atoms with Crippen molar-refractivity contribution in [3.05, 3.63) is 0 Å². The standard InChI is InChI=1S/C15H23NO2S/c1-9(17)19-8-13(16)14(18)11-4-10-2-3-15(6-10)7-12(15)5-11/h10-13H,2-8,16H2,1H3/t10?,11?,12?,13-,15?/m0/s1. The van der Waals surface area contributed by atoms with Crippen molar-refractivity contribution in [1.82, 2.24) is 0 Å². The van der Waals surface area contributed by atoms with Crippen LogP contribution in [0.15, 0.2) is 0 Å². The van der Waals surface area contributed by atoms with E-state index in [0.717, 1.165) is 24.7 Å². The van der Waals surface area contributed by atoms with Crippen LogP contribution in [0.25, 0.3) is 0 Å². The largest absolute Gasteiger partial charge is 0.321 e. The van der Waals surface area contributed by atoms with Crippen LogP contribution in [0.4, 0.5) is 0 Å². The van der Waals surface area contributed by atoms with E-state index in [1.807, 2.05) is 0 Å². The van der Waals surface area contributed by atoms with Crippen molar-refractivity contribution in [3.63, 3.8) is 0 Å². The molecule has 1 spiro atoms. The first-order chi connectivity index (χ1) is 9.00. The number of hydrogen-bond donors (Lipinski definition) is 1. The number of carbonyl (C=O) groups is 2. The third-order valence-corrected chi connectivity index (χ3v) is 6.46. The Morgan fingerprint density at radius 3 is 2.89 bits per heavy atom. The molecule has 0 aromatic heterocycles. The monoisotopic (exact) mass is 281 g/mol. The molecule has 4 unspecified atom stereocenters. The number of hydrogen-bond acceptors (Lipinski definition) is 4. The molecule has 3 aliphatic carbocycles. The predicted octanol–water partition coefficient (Wildman–Crippen LogP) is 2.38. The molecule has 0 saturated heterocycles. The van der Waals surface area contributed by atoms with E-state index in [1.165, 1.54) is 44.4 Å². The van der Waals surface area contributed by atoms with Gasteiger partial charge in [-0.25, -0.2) is 0 Å². The number of Topliss-reactive ketones (excluding diaryl/α,β-unsaturated/α-hetero) is 1. The summed E-state index contributed by atoms with van der Waals surface area (Å²) in [7, 11) is 0. The zero-order valence-electron chi connectivity index (χ0n) is 11.6. The molecule has 0 radical (unpaired) electrons. The summed E-state index contributed by atoms with van der Waals surface area (Å²) in [5.41, 5.74) is 6.62. The summed E-state index contributed by atoms with van der Waals surface area (Å²) in [5, 5.41) is 0.0457. The molecule has 0 heterocycles. The number of thioether (sulfide) groups is 1. The van der Waals surface area contributed by atoms with E-state index in [1.54, 1.807) is 0 Å². The number of carbonyl (C=O) groups excluding carboxylic acids is 2. The molecular weight excluding hydrogens is 258 g/mol. The third kappa shape index (κ3) is 2.62. The zero-order valence-corrected chi connectivity index (χ0v) is 12.4. The molecule has 2 N–H and O–H groups in total. The molecule has 3 saturated carbocycles. The van der Waals surface area contributed by atoms with E-state index >= 15 is 0 Å². The van der Waals surface area contributed by atoms with E-state index in [2.05, 4.69) is 0 Å². The molecule has 5 atom stereocenters. The molecule has 4 heteroatoms. The van der Waals surface area contributed by atoms with Crippen molar-refractivity contribution in [3.8, 4) is 0 Å². The van der Waals surface area contributed by atoms with Gasteiger partial charge in [-0.2, -0.15) is 0 Å². The molecule has 3 nitrogen and oxygen atoms in total. The van der Waals surface area contributed by atoms with E-state index in [9.17, 15) is 9.59 Å². The van der Waals surface area contributed by atoms with E-state index < -0.39 is 6.04 Å². The summed E-state index contributed by atoms with van der Waals surface area (Å²) in [6, 6.07) is -0.453. The van der Waals surface area contributed by atoms with Gasteiger partial charge < -0.3 is 5.73 Å². The molecule has 106 valence electrons. The topological polar surface area (TPSA) is 60.2 Å². The predicted molar refractivity (Wildman–Crippen MR) is 76.7 cm³/mol. The van der Waals surface area contributed by atoms with E-state index in [0.29, 0.717) is 11.2 Å². The van der Waals surface area contributed by atoms with Gasteiger partial charge in [-0.05, 0) is 55.8 Å². The lowest BCUT2D eigenvalue weighted by Crippen LogP contribution is -2.38. The fourth-order valence-corrected chi connectivity index (χ4v) is 5.04. The highest BCUT2D eigenvalue weighted by atomic mass is 32.2. The number of ketones is 1. The Morgan fingerprint density at radius 2 is 2.16 bits per heavy atom. The second-order valence-electron chi connectivity index (χ2n) is 6.85. The van der Waals surface area contributed by atoms with Gasteiger partial charge in [-0.15, -0.1) is 0 Å². The molecule has 3 aliphatic rings. The molecule has 3 fully saturated rings. The van der Waals surface area contributed by atoms with Crippen molar-refractivity contribution < 1.29 is 9.59 Å². The van der Waals surface area contributed by atoms with Crippen LogP contribution in [-0.2, 0) is 9.59 Å². The van der Waals surface area contributed by atoms with Crippen LogP contribution < -0.4 is 5.73 Å². The summed E-state index contributed by atoms with van der Waals surface area (Å²) in [5.74, 6) is 2.38. The van der Waals surface area contributed by atoms with Crippen molar-refractivity contribution in [2.75, 3.05) is 5.75 Å². The Bertz CT molecular complexity index is 405. The van der Waals surface area contributed by atoms with Crippen LogP contribution in [0.3, 0.4) is 0 Å². The molecule has 0 aromatic rings. The normalized spacial score (nSPS) is 41.3. The maximum Gasteiger partial charge on any atom is 0.185 e. The minimum absolute atomic E-state index is 0.0457. The Hall–Kier alpha value is -0.350. The Labute approximate surface area is 119 Å². The number of nitrogens with two attached hydrogens (primary N) is 1. The fraction of sp³-hybridized carbons (Fsp3) is 0.867. The van der Waals surface area contributed by atoms with Gasteiger partial charge in [-0.1, -0.05) is 11.8 Å². The van der Waals surface area contributed by atoms with Crippen molar-refractivity contribution >= 4 is 22.7 Å². The first-order valence-electron chi connectivity index (χ1n) is 7.43. The molecular formula is C15H23NO2S. The van der Waals surface area contributed by atoms with Crippen molar-refractivity contribution in [1.29, 1.82) is 0 Å². The van der Waals surface area contributed by atoms with Gasteiger partial charge in [0.2, 0.25) is 0 Å². The molecule has 0 aliphatic heterocycles. The van der Waals surface area contributed by atoms with Gasteiger partial charge in [0.15, 0.2) is 10.9 Å². The van der Waals surface area contributed by atoms with Crippen LogP contribution in [-0.4, -0.2) is 22.7 Å². The van der Waals surface area contributed by atoms with Gasteiger partial charge in [0.05, 0.1) is 6.04 Å². The van der Waals surface area contributed by atoms with E-state index in [-0.39, 0.29) is 16.8 Å². The Kier molecular flexibility index (Phi) is 3.50. The van der Waals surface area contributed by atoms with Crippen molar-refractivity contribution in [2.45, 2.75) is 51.5 Å². The van der Waals surface area contributed by atoms with Gasteiger partial charge >= 0.3 is 0 Å². The highest BCUT2D eigenvalue weighted by Crippen LogP contribution is 2.69. The molecule has 2 bridgehead atoms. The molecule has 19 heavy (non-hydrogen) atoms. The highest BCUT2D eigenvalue weighted by molar-refractivity contribution is 8.13. The summed E-state index contributed by atoms with van der Waals surface area (Å²) in [4.78, 5) is 23.4. The van der Waals surface area contributed by atoms with Gasteiger partial charge in [0, 0.05) is 18.6 Å². The fourth-order valence-electron chi connectivity index (χ4n) is 4.46. The lowest BCUT2D eigenvalue weighted by Gasteiger charge is -2.21. The third-order valence-electron chi connectivity index (χ3n) is 5.53. The lowest BCUT2D eigenvalue weighted by atomic mass is 9.85. The van der Waals surface area contributed by atoms with E-state index in [4.69, 9.17) is 5.73 Å². The summed E-state index contributed by atoms with van der Waals surface area (Å²) in [6.45, 7) is 1.53. The maximum atomic E-state index is 12.5. The first kappa shape index (κ1) is 13.6. The minimum atomic E-state index is -0.453. The SMILES string of the molecule is CC(=O)SC[C@H](N)C(=O)C1CC2CCC3(C2)CC3C1. The van der Waals surface area contributed by atoms with Gasteiger partial charge in [-0.3, -0.25) is 9.59 Å². The molecule has 0 aromatic carbocycles. The first-order valence-corrected chi connectivity index (χ1v) is 8.41. The van der Waals surface area contributed by atoms with Crippen molar-refractivity contribution in [2.24, 2.45) is 28.9 Å². The van der Waals surface area contributed by atoms with Gasteiger partial charge in [0.1, 0.15) is 0 Å². The molecule has 0 amide bonds. The zero-order chi connectivity index (χ0) is 13.6. The Morgan fingerprint density at radius 1 is 1.37 bits per heavy atom. The summed E-state index contributed by atoms with van der Waals surface area (Å²) < 4.78 is 0. The van der Waals surface area contributed by atoms with Crippen LogP contribution in [0.2, 0.25) is 0 Å². The smallest absolute Gasteiger partial charge is 0.185 e. The van der Waals surface area contributed by atoms with Gasteiger partial charge in [0.25, 0.3) is 0 Å². The average molecular weight is 281 g/mol. The van der Waals surface area contributed by atoms with Crippen LogP contribution in [0, 0.1) is 23.2 Å². The summed E-state index contributed by atoms with van der Waals surface area (Å²) in [6.07, 6.45) is 7.54.